The molecule has 0 aliphatic carbocycles. The van der Waals surface area contributed by atoms with Crippen LogP contribution in [0.4, 0.5) is 0 Å². The predicted octanol–water partition coefficient (Wildman–Crippen LogP) is 1.10. The first-order valence-electron chi connectivity index (χ1n) is 8.12. The van der Waals surface area contributed by atoms with Gasteiger partial charge >= 0.3 is 0 Å². The Balaban J connectivity index is 1.31. The molecule has 2 aromatic heterocycles. The van der Waals surface area contributed by atoms with E-state index in [-0.39, 0.29) is 6.04 Å². The van der Waals surface area contributed by atoms with E-state index >= 15 is 0 Å². The van der Waals surface area contributed by atoms with E-state index in [4.69, 9.17) is 4.52 Å². The molecule has 2 fully saturated rings. The van der Waals surface area contributed by atoms with Crippen LogP contribution in [0.25, 0.3) is 10.7 Å². The molecule has 9 heteroatoms. The van der Waals surface area contributed by atoms with Gasteiger partial charge in [-0.2, -0.15) is 4.98 Å². The molecule has 0 unspecified atom stereocenters. The Bertz CT molecular complexity index is 780. The molecule has 0 saturated carbocycles. The highest BCUT2D eigenvalue weighted by atomic mass is 32.2. The number of nitrogens with zero attached hydrogens (tertiary/aromatic N) is 4. The molecular formula is C15H20N4O3S2. The third kappa shape index (κ3) is 3.53. The van der Waals surface area contributed by atoms with Gasteiger partial charge in [0.05, 0.1) is 22.9 Å². The average Bonchev–Trinajstić information content (AvgIpc) is 3.28. The molecule has 2 aliphatic rings. The van der Waals surface area contributed by atoms with E-state index in [9.17, 15) is 8.42 Å². The molecule has 1 atom stereocenters. The van der Waals surface area contributed by atoms with Crippen LogP contribution in [-0.2, 0) is 16.4 Å². The van der Waals surface area contributed by atoms with E-state index in [0.717, 1.165) is 37.5 Å². The SMILES string of the molecule is O=S1(=O)CC[C@@H](N2CCN(Cc3nc(-c4cccs4)no3)CC2)C1. The van der Waals surface area contributed by atoms with Gasteiger partial charge in [-0.1, -0.05) is 11.2 Å². The summed E-state index contributed by atoms with van der Waals surface area (Å²) in [7, 11) is -2.81. The first kappa shape index (κ1) is 16.2. The summed E-state index contributed by atoms with van der Waals surface area (Å²) >= 11 is 1.60. The molecule has 0 amide bonds. The zero-order valence-electron chi connectivity index (χ0n) is 13.3. The van der Waals surface area contributed by atoms with Gasteiger partial charge in [0.25, 0.3) is 0 Å². The molecule has 130 valence electrons. The summed E-state index contributed by atoms with van der Waals surface area (Å²) < 4.78 is 28.6. The second kappa shape index (κ2) is 6.55. The Morgan fingerprint density at radius 1 is 1.29 bits per heavy atom. The molecule has 2 aliphatic heterocycles. The van der Waals surface area contributed by atoms with E-state index in [1.54, 1.807) is 11.3 Å². The lowest BCUT2D eigenvalue weighted by atomic mass is 10.2. The maximum Gasteiger partial charge on any atom is 0.241 e. The fourth-order valence-corrected chi connectivity index (χ4v) is 5.78. The third-order valence-electron chi connectivity index (χ3n) is 4.70. The van der Waals surface area contributed by atoms with Crippen LogP contribution in [0.15, 0.2) is 22.0 Å². The minimum atomic E-state index is -2.81. The largest absolute Gasteiger partial charge is 0.338 e. The number of piperazine rings is 1. The van der Waals surface area contributed by atoms with Crippen LogP contribution in [0.1, 0.15) is 12.3 Å². The quantitative estimate of drug-likeness (QED) is 0.799. The fraction of sp³-hybridized carbons (Fsp3) is 0.600. The number of rotatable bonds is 4. The minimum Gasteiger partial charge on any atom is -0.338 e. The second-order valence-corrected chi connectivity index (χ2v) is 9.53. The smallest absolute Gasteiger partial charge is 0.241 e. The predicted molar refractivity (Wildman–Crippen MR) is 91.5 cm³/mol. The van der Waals surface area contributed by atoms with Crippen LogP contribution in [0.3, 0.4) is 0 Å². The van der Waals surface area contributed by atoms with Gasteiger partial charge in [0.1, 0.15) is 0 Å². The molecule has 0 spiro atoms. The van der Waals surface area contributed by atoms with Gasteiger partial charge in [-0.3, -0.25) is 9.80 Å². The molecule has 4 heterocycles. The second-order valence-electron chi connectivity index (χ2n) is 6.36. The number of sulfone groups is 1. The van der Waals surface area contributed by atoms with E-state index in [1.807, 2.05) is 17.5 Å². The molecule has 2 aromatic rings. The lowest BCUT2D eigenvalue weighted by Crippen LogP contribution is -2.50. The molecule has 0 aromatic carbocycles. The van der Waals surface area contributed by atoms with Crippen molar-refractivity contribution >= 4 is 21.2 Å². The van der Waals surface area contributed by atoms with Crippen LogP contribution in [-0.4, -0.2) is 72.1 Å². The third-order valence-corrected chi connectivity index (χ3v) is 7.32. The van der Waals surface area contributed by atoms with Gasteiger partial charge in [0.2, 0.25) is 11.7 Å². The summed E-state index contributed by atoms with van der Waals surface area (Å²) in [4.78, 5) is 10.1. The molecule has 0 bridgehead atoms. The maximum atomic E-state index is 11.6. The van der Waals surface area contributed by atoms with Crippen LogP contribution in [0.5, 0.6) is 0 Å². The van der Waals surface area contributed by atoms with Crippen molar-refractivity contribution in [2.45, 2.75) is 19.0 Å². The average molecular weight is 368 g/mol. The van der Waals surface area contributed by atoms with Crippen molar-refractivity contribution in [3.63, 3.8) is 0 Å². The van der Waals surface area contributed by atoms with Crippen LogP contribution in [0.2, 0.25) is 0 Å². The Kier molecular flexibility index (Phi) is 4.42. The van der Waals surface area contributed by atoms with Crippen molar-refractivity contribution in [2.24, 2.45) is 0 Å². The van der Waals surface area contributed by atoms with E-state index in [0.29, 0.717) is 29.8 Å². The Labute approximate surface area is 145 Å². The Hall–Kier alpha value is -1.29. The van der Waals surface area contributed by atoms with Crippen molar-refractivity contribution in [1.82, 2.24) is 19.9 Å². The normalized spacial score (nSPS) is 25.2. The maximum absolute atomic E-state index is 11.6. The highest BCUT2D eigenvalue weighted by Crippen LogP contribution is 2.22. The van der Waals surface area contributed by atoms with Crippen molar-refractivity contribution in [3.8, 4) is 10.7 Å². The molecule has 2 saturated heterocycles. The summed E-state index contributed by atoms with van der Waals surface area (Å²) in [5.74, 6) is 1.94. The lowest BCUT2D eigenvalue weighted by molar-refractivity contribution is 0.0926. The van der Waals surface area contributed by atoms with Gasteiger partial charge in [-0.05, 0) is 17.9 Å². The zero-order chi connectivity index (χ0) is 16.6. The zero-order valence-corrected chi connectivity index (χ0v) is 14.9. The van der Waals surface area contributed by atoms with Crippen LogP contribution >= 0.6 is 11.3 Å². The first-order valence-corrected chi connectivity index (χ1v) is 10.8. The Morgan fingerprint density at radius 2 is 2.12 bits per heavy atom. The Morgan fingerprint density at radius 3 is 2.79 bits per heavy atom. The summed E-state index contributed by atoms with van der Waals surface area (Å²) in [6.07, 6.45) is 0.774. The topological polar surface area (TPSA) is 79.5 Å². The molecule has 4 rings (SSSR count). The molecular weight excluding hydrogens is 348 g/mol. The molecule has 24 heavy (non-hydrogen) atoms. The van der Waals surface area contributed by atoms with Crippen molar-refractivity contribution in [1.29, 1.82) is 0 Å². The van der Waals surface area contributed by atoms with Gasteiger partial charge in [0, 0.05) is 32.2 Å². The van der Waals surface area contributed by atoms with Gasteiger partial charge in [0.15, 0.2) is 9.84 Å². The minimum absolute atomic E-state index is 0.200. The van der Waals surface area contributed by atoms with Crippen LogP contribution < -0.4 is 0 Å². The van der Waals surface area contributed by atoms with Gasteiger partial charge < -0.3 is 4.52 Å². The number of hydrogen-bond donors (Lipinski definition) is 0. The summed E-state index contributed by atoms with van der Waals surface area (Å²) in [5.41, 5.74) is 0. The van der Waals surface area contributed by atoms with E-state index < -0.39 is 9.84 Å². The lowest BCUT2D eigenvalue weighted by Gasteiger charge is -2.37. The number of hydrogen-bond acceptors (Lipinski definition) is 8. The first-order chi connectivity index (χ1) is 11.6. The van der Waals surface area contributed by atoms with E-state index in [1.165, 1.54) is 0 Å². The molecule has 7 nitrogen and oxygen atoms in total. The van der Waals surface area contributed by atoms with Crippen molar-refractivity contribution in [2.75, 3.05) is 37.7 Å². The van der Waals surface area contributed by atoms with Crippen LogP contribution in [0, 0.1) is 0 Å². The number of aromatic nitrogens is 2. The van der Waals surface area contributed by atoms with Crippen molar-refractivity contribution in [3.05, 3.63) is 23.4 Å². The summed E-state index contributed by atoms with van der Waals surface area (Å²) in [6, 6.07) is 4.15. The van der Waals surface area contributed by atoms with Gasteiger partial charge in [-0.15, -0.1) is 11.3 Å². The summed E-state index contributed by atoms with van der Waals surface area (Å²) in [5, 5.41) is 6.03. The summed E-state index contributed by atoms with van der Waals surface area (Å²) in [6.45, 7) is 4.23. The van der Waals surface area contributed by atoms with Gasteiger partial charge in [-0.25, -0.2) is 8.42 Å². The number of thiophene rings is 1. The fourth-order valence-electron chi connectivity index (χ4n) is 3.37. The standard InChI is InChI=1S/C15H20N4O3S2/c20-24(21)9-3-12(11-24)19-6-4-18(5-7-19)10-14-16-15(17-22-14)13-2-1-8-23-13/h1-2,8,12H,3-7,9-11H2/t12-/m1/s1. The molecule has 0 N–H and O–H groups in total. The highest BCUT2D eigenvalue weighted by molar-refractivity contribution is 7.91. The monoisotopic (exact) mass is 368 g/mol. The highest BCUT2D eigenvalue weighted by Gasteiger charge is 2.33. The molecule has 0 radical (unpaired) electrons. The van der Waals surface area contributed by atoms with Crippen molar-refractivity contribution < 1.29 is 12.9 Å². The van der Waals surface area contributed by atoms with E-state index in [2.05, 4.69) is 19.9 Å².